The van der Waals surface area contributed by atoms with Crippen LogP contribution in [-0.4, -0.2) is 17.6 Å². The van der Waals surface area contributed by atoms with Gasteiger partial charge in [-0.1, -0.05) is 30.3 Å². The molecule has 98 valence electrons. The number of hydrogen-bond acceptors (Lipinski definition) is 3. The van der Waals surface area contributed by atoms with Crippen LogP contribution in [0.5, 0.6) is 0 Å². The zero-order valence-corrected chi connectivity index (χ0v) is 11.4. The molecule has 0 aliphatic heterocycles. The lowest BCUT2D eigenvalue weighted by Gasteiger charge is -2.11. The molecule has 1 aromatic carbocycles. The largest absolute Gasteiger partial charge is 0.462 e. The van der Waals surface area contributed by atoms with Crippen molar-refractivity contribution >= 4 is 5.97 Å². The summed E-state index contributed by atoms with van der Waals surface area (Å²) >= 11 is 0. The van der Waals surface area contributed by atoms with Crippen LogP contribution in [0.3, 0.4) is 0 Å². The zero-order valence-electron chi connectivity index (χ0n) is 11.4. The number of ether oxygens (including phenoxy) is 1. The Hall–Kier alpha value is -2.16. The number of rotatable bonds is 3. The van der Waals surface area contributed by atoms with E-state index in [1.807, 2.05) is 50.2 Å². The molecular formula is C16H17NO2. The highest BCUT2D eigenvalue weighted by molar-refractivity contribution is 5.92. The summed E-state index contributed by atoms with van der Waals surface area (Å²) in [7, 11) is 0. The van der Waals surface area contributed by atoms with E-state index in [9.17, 15) is 4.79 Å². The lowest BCUT2D eigenvalue weighted by Crippen LogP contribution is -2.09. The highest BCUT2D eigenvalue weighted by Crippen LogP contribution is 2.24. The first-order chi connectivity index (χ1) is 9.13. The topological polar surface area (TPSA) is 39.2 Å². The van der Waals surface area contributed by atoms with Gasteiger partial charge in [-0.15, -0.1) is 0 Å². The van der Waals surface area contributed by atoms with Crippen molar-refractivity contribution < 1.29 is 9.53 Å². The van der Waals surface area contributed by atoms with Crippen LogP contribution in [-0.2, 0) is 4.74 Å². The number of aromatic nitrogens is 1. The van der Waals surface area contributed by atoms with E-state index in [-0.39, 0.29) is 5.97 Å². The molecule has 0 aliphatic rings. The molecular weight excluding hydrogens is 238 g/mol. The predicted molar refractivity (Wildman–Crippen MR) is 75.1 cm³/mol. The summed E-state index contributed by atoms with van der Waals surface area (Å²) < 4.78 is 5.06. The molecule has 3 nitrogen and oxygen atoms in total. The summed E-state index contributed by atoms with van der Waals surface area (Å²) in [6, 6.07) is 11.8. The molecule has 0 aliphatic carbocycles. The van der Waals surface area contributed by atoms with Gasteiger partial charge in [0.1, 0.15) is 0 Å². The lowest BCUT2D eigenvalue weighted by atomic mass is 10.0. The van der Waals surface area contributed by atoms with Crippen molar-refractivity contribution in [2.45, 2.75) is 20.8 Å². The van der Waals surface area contributed by atoms with Crippen molar-refractivity contribution in [3.05, 3.63) is 53.3 Å². The number of pyridine rings is 1. The van der Waals surface area contributed by atoms with Crippen LogP contribution in [0.4, 0.5) is 0 Å². The molecule has 0 saturated heterocycles. The van der Waals surface area contributed by atoms with E-state index in [1.165, 1.54) is 0 Å². The van der Waals surface area contributed by atoms with E-state index >= 15 is 0 Å². The van der Waals surface area contributed by atoms with Crippen molar-refractivity contribution in [3.63, 3.8) is 0 Å². The van der Waals surface area contributed by atoms with E-state index in [0.29, 0.717) is 17.9 Å². The third-order valence-corrected chi connectivity index (χ3v) is 2.98. The maximum Gasteiger partial charge on any atom is 0.339 e. The summed E-state index contributed by atoms with van der Waals surface area (Å²) in [6.07, 6.45) is 0. The Kier molecular flexibility index (Phi) is 3.95. The molecule has 0 amide bonds. The Bertz CT molecular complexity index is 591. The molecule has 19 heavy (non-hydrogen) atoms. The minimum Gasteiger partial charge on any atom is -0.462 e. The van der Waals surface area contributed by atoms with Gasteiger partial charge < -0.3 is 4.74 Å². The van der Waals surface area contributed by atoms with E-state index in [1.54, 1.807) is 6.92 Å². The second-order valence-corrected chi connectivity index (χ2v) is 4.34. The lowest BCUT2D eigenvalue weighted by molar-refractivity contribution is 0.0525. The van der Waals surface area contributed by atoms with Crippen molar-refractivity contribution in [1.82, 2.24) is 4.98 Å². The van der Waals surface area contributed by atoms with Crippen LogP contribution >= 0.6 is 0 Å². The SMILES string of the molecule is CCOC(=O)c1cc(-c2ccccc2)c(C)nc1C. The van der Waals surface area contributed by atoms with Crippen LogP contribution in [0.1, 0.15) is 28.7 Å². The van der Waals surface area contributed by atoms with Gasteiger partial charge in [0.15, 0.2) is 0 Å². The maximum atomic E-state index is 11.9. The third kappa shape index (κ3) is 2.81. The maximum absolute atomic E-state index is 11.9. The molecule has 0 radical (unpaired) electrons. The fourth-order valence-corrected chi connectivity index (χ4v) is 2.05. The first kappa shape index (κ1) is 13.3. The average Bonchev–Trinajstić information content (AvgIpc) is 2.40. The molecule has 1 heterocycles. The molecule has 0 spiro atoms. The second kappa shape index (κ2) is 5.65. The summed E-state index contributed by atoms with van der Waals surface area (Å²) in [6.45, 7) is 5.94. The van der Waals surface area contributed by atoms with E-state index in [4.69, 9.17) is 4.74 Å². The number of benzene rings is 1. The van der Waals surface area contributed by atoms with Gasteiger partial charge in [-0.3, -0.25) is 4.98 Å². The smallest absolute Gasteiger partial charge is 0.339 e. The molecule has 3 heteroatoms. The molecule has 0 N–H and O–H groups in total. The van der Waals surface area contributed by atoms with E-state index < -0.39 is 0 Å². The van der Waals surface area contributed by atoms with Gasteiger partial charge in [-0.2, -0.15) is 0 Å². The highest BCUT2D eigenvalue weighted by atomic mass is 16.5. The average molecular weight is 255 g/mol. The fourth-order valence-electron chi connectivity index (χ4n) is 2.05. The van der Waals surface area contributed by atoms with Gasteiger partial charge in [-0.25, -0.2) is 4.79 Å². The first-order valence-electron chi connectivity index (χ1n) is 6.34. The van der Waals surface area contributed by atoms with Crippen molar-refractivity contribution in [2.75, 3.05) is 6.61 Å². The summed E-state index contributed by atoms with van der Waals surface area (Å²) in [5.74, 6) is -0.315. The van der Waals surface area contributed by atoms with E-state index in [0.717, 1.165) is 16.8 Å². The normalized spacial score (nSPS) is 10.3. The molecule has 0 fully saturated rings. The Morgan fingerprint density at radius 2 is 1.84 bits per heavy atom. The minimum atomic E-state index is -0.315. The Morgan fingerprint density at radius 1 is 1.16 bits per heavy atom. The summed E-state index contributed by atoms with van der Waals surface area (Å²) in [5.41, 5.74) is 4.17. The number of esters is 1. The van der Waals surface area contributed by atoms with Gasteiger partial charge in [-0.05, 0) is 32.4 Å². The number of nitrogens with zero attached hydrogens (tertiary/aromatic N) is 1. The molecule has 0 unspecified atom stereocenters. The molecule has 0 saturated carbocycles. The quantitative estimate of drug-likeness (QED) is 0.787. The Morgan fingerprint density at radius 3 is 2.47 bits per heavy atom. The van der Waals surface area contributed by atoms with Gasteiger partial charge >= 0.3 is 5.97 Å². The van der Waals surface area contributed by atoms with Crippen LogP contribution in [0, 0.1) is 13.8 Å². The van der Waals surface area contributed by atoms with Crippen LogP contribution < -0.4 is 0 Å². The molecule has 2 aromatic rings. The summed E-state index contributed by atoms with van der Waals surface area (Å²) in [4.78, 5) is 16.4. The highest BCUT2D eigenvalue weighted by Gasteiger charge is 2.14. The predicted octanol–water partition coefficient (Wildman–Crippen LogP) is 3.54. The zero-order chi connectivity index (χ0) is 13.8. The number of carbonyl (C=O) groups is 1. The van der Waals surface area contributed by atoms with Crippen LogP contribution in [0.15, 0.2) is 36.4 Å². The fraction of sp³-hybridized carbons (Fsp3) is 0.250. The molecule has 0 atom stereocenters. The van der Waals surface area contributed by atoms with Gasteiger partial charge in [0, 0.05) is 11.3 Å². The minimum absolute atomic E-state index is 0.315. The monoisotopic (exact) mass is 255 g/mol. The van der Waals surface area contributed by atoms with Gasteiger partial charge in [0.05, 0.1) is 17.9 Å². The standard InChI is InChI=1S/C16H17NO2/c1-4-19-16(18)15-10-14(11(2)17-12(15)3)13-8-6-5-7-9-13/h5-10H,4H2,1-3H3. The van der Waals surface area contributed by atoms with Gasteiger partial charge in [0.25, 0.3) is 0 Å². The van der Waals surface area contributed by atoms with Crippen molar-refractivity contribution in [1.29, 1.82) is 0 Å². The Balaban J connectivity index is 2.51. The molecule has 1 aromatic heterocycles. The van der Waals surface area contributed by atoms with Crippen LogP contribution in [0.25, 0.3) is 11.1 Å². The Labute approximate surface area is 113 Å². The number of carbonyl (C=O) groups excluding carboxylic acids is 1. The third-order valence-electron chi connectivity index (χ3n) is 2.98. The molecule has 2 rings (SSSR count). The second-order valence-electron chi connectivity index (χ2n) is 4.34. The van der Waals surface area contributed by atoms with Crippen molar-refractivity contribution in [2.24, 2.45) is 0 Å². The number of hydrogen-bond donors (Lipinski definition) is 0. The van der Waals surface area contributed by atoms with Crippen LogP contribution in [0.2, 0.25) is 0 Å². The van der Waals surface area contributed by atoms with Gasteiger partial charge in [0.2, 0.25) is 0 Å². The summed E-state index contributed by atoms with van der Waals surface area (Å²) in [5, 5.41) is 0. The van der Waals surface area contributed by atoms with Crippen molar-refractivity contribution in [3.8, 4) is 11.1 Å². The number of aryl methyl sites for hydroxylation is 2. The molecule has 0 bridgehead atoms. The van der Waals surface area contributed by atoms with E-state index in [2.05, 4.69) is 4.98 Å². The first-order valence-corrected chi connectivity index (χ1v) is 6.34.